The molecule has 1 saturated carbocycles. The topological polar surface area (TPSA) is 53.5 Å². The van der Waals surface area contributed by atoms with Gasteiger partial charge in [0.05, 0.1) is 6.04 Å². The Kier molecular flexibility index (Phi) is 4.80. The minimum absolute atomic E-state index is 0.0212. The highest BCUT2D eigenvalue weighted by Gasteiger charge is 2.50. The van der Waals surface area contributed by atoms with Crippen LogP contribution in [0.1, 0.15) is 48.1 Å². The van der Waals surface area contributed by atoms with Crippen LogP contribution in [0, 0.1) is 23.6 Å². The number of nitrogens with zero attached hydrogens (tertiary/aromatic N) is 3. The van der Waals surface area contributed by atoms with Gasteiger partial charge in [0.2, 0.25) is 5.91 Å². The highest BCUT2D eigenvalue weighted by atomic mass is 19.1. The van der Waals surface area contributed by atoms with Gasteiger partial charge in [-0.25, -0.2) is 9.37 Å². The Hall–Kier alpha value is -2.76. The van der Waals surface area contributed by atoms with Crippen molar-refractivity contribution in [3.05, 3.63) is 59.5 Å². The lowest BCUT2D eigenvalue weighted by atomic mass is 9.83. The van der Waals surface area contributed by atoms with Crippen molar-refractivity contribution in [2.45, 2.75) is 32.2 Å². The Bertz CT molecular complexity index is 990. The van der Waals surface area contributed by atoms with Gasteiger partial charge in [0, 0.05) is 49.1 Å². The number of hydrogen-bond acceptors (Lipinski definition) is 4. The van der Waals surface area contributed by atoms with Gasteiger partial charge in [-0.05, 0) is 49.6 Å². The summed E-state index contributed by atoms with van der Waals surface area (Å²) in [6, 6.07) is 10.2. The third-order valence-electron chi connectivity index (χ3n) is 7.07. The summed E-state index contributed by atoms with van der Waals surface area (Å²) in [4.78, 5) is 33.6. The summed E-state index contributed by atoms with van der Waals surface area (Å²) in [5.74, 6) is 1.44. The minimum atomic E-state index is -0.266. The van der Waals surface area contributed by atoms with Crippen LogP contribution < -0.4 is 4.90 Å². The number of pyridine rings is 1. The van der Waals surface area contributed by atoms with Gasteiger partial charge in [0.15, 0.2) is 5.78 Å². The van der Waals surface area contributed by atoms with Crippen molar-refractivity contribution in [1.29, 1.82) is 0 Å². The first kappa shape index (κ1) is 19.2. The van der Waals surface area contributed by atoms with Gasteiger partial charge in [-0.1, -0.05) is 18.6 Å². The van der Waals surface area contributed by atoms with E-state index in [1.165, 1.54) is 6.07 Å². The first-order chi connectivity index (χ1) is 14.5. The molecular weight excluding hydrogens is 381 g/mol. The van der Waals surface area contributed by atoms with Crippen LogP contribution in [0.25, 0.3) is 0 Å². The number of carbonyl (C=O) groups is 2. The van der Waals surface area contributed by atoms with E-state index in [0.29, 0.717) is 18.0 Å². The molecular formula is C24H26FN3O2. The number of hydrogen-bond donors (Lipinski definition) is 0. The molecule has 0 radical (unpaired) electrons. The van der Waals surface area contributed by atoms with E-state index in [2.05, 4.69) is 9.88 Å². The second-order valence-corrected chi connectivity index (χ2v) is 8.91. The van der Waals surface area contributed by atoms with E-state index in [9.17, 15) is 14.0 Å². The van der Waals surface area contributed by atoms with E-state index in [1.807, 2.05) is 17.0 Å². The Morgan fingerprint density at radius 3 is 2.63 bits per heavy atom. The molecule has 3 heterocycles. The van der Waals surface area contributed by atoms with Gasteiger partial charge in [-0.2, -0.15) is 0 Å². The van der Waals surface area contributed by atoms with Gasteiger partial charge in [0.1, 0.15) is 11.6 Å². The number of ketones is 1. The Labute approximate surface area is 175 Å². The Morgan fingerprint density at radius 2 is 1.93 bits per heavy atom. The highest BCUT2D eigenvalue weighted by molar-refractivity contribution is 5.94. The SMILES string of the molecule is CC(=O)c1ccnc(N2C[C@H]3CN(C(=O)C4CCC4)[C@H](c4cccc(F)c4)[C@H]3C2)c1. The van der Waals surface area contributed by atoms with Gasteiger partial charge in [-0.3, -0.25) is 9.59 Å². The number of Topliss-reactive ketones (excluding diaryl/α,β-unsaturated/α-hetero) is 1. The van der Waals surface area contributed by atoms with Gasteiger partial charge in [-0.15, -0.1) is 0 Å². The summed E-state index contributed by atoms with van der Waals surface area (Å²) in [5, 5.41) is 0. The molecule has 3 atom stereocenters. The molecule has 0 unspecified atom stereocenters. The van der Waals surface area contributed by atoms with E-state index >= 15 is 0 Å². The van der Waals surface area contributed by atoms with Gasteiger partial charge in [0.25, 0.3) is 0 Å². The number of halogens is 1. The molecule has 0 N–H and O–H groups in total. The molecule has 30 heavy (non-hydrogen) atoms. The fourth-order valence-corrected chi connectivity index (χ4v) is 5.28. The Balaban J connectivity index is 1.44. The lowest BCUT2D eigenvalue weighted by Gasteiger charge is -2.35. The Morgan fingerprint density at radius 1 is 1.10 bits per heavy atom. The molecule has 1 aliphatic carbocycles. The molecule has 2 saturated heterocycles. The highest BCUT2D eigenvalue weighted by Crippen LogP contribution is 2.47. The van der Waals surface area contributed by atoms with Crippen molar-refractivity contribution in [3.63, 3.8) is 0 Å². The molecule has 3 fully saturated rings. The van der Waals surface area contributed by atoms with E-state index in [0.717, 1.165) is 43.7 Å². The van der Waals surface area contributed by atoms with Crippen LogP contribution in [0.2, 0.25) is 0 Å². The normalized spacial score (nSPS) is 25.9. The van der Waals surface area contributed by atoms with Crippen molar-refractivity contribution in [1.82, 2.24) is 9.88 Å². The van der Waals surface area contributed by atoms with E-state index in [1.54, 1.807) is 31.3 Å². The van der Waals surface area contributed by atoms with Crippen LogP contribution in [0.15, 0.2) is 42.6 Å². The van der Waals surface area contributed by atoms with Crippen molar-refractivity contribution in [2.24, 2.45) is 17.8 Å². The van der Waals surface area contributed by atoms with Crippen LogP contribution in [0.4, 0.5) is 10.2 Å². The lowest BCUT2D eigenvalue weighted by molar-refractivity contribution is -0.139. The number of amides is 1. The van der Waals surface area contributed by atoms with Crippen molar-refractivity contribution < 1.29 is 14.0 Å². The number of fused-ring (bicyclic) bond motifs is 1. The molecule has 2 aromatic rings. The molecule has 156 valence electrons. The van der Waals surface area contributed by atoms with Crippen molar-refractivity contribution in [3.8, 4) is 0 Å². The quantitative estimate of drug-likeness (QED) is 0.723. The third kappa shape index (κ3) is 3.28. The second-order valence-electron chi connectivity index (χ2n) is 8.91. The lowest BCUT2D eigenvalue weighted by Crippen LogP contribution is -2.41. The monoisotopic (exact) mass is 407 g/mol. The number of anilines is 1. The smallest absolute Gasteiger partial charge is 0.226 e. The number of likely N-dealkylation sites (tertiary alicyclic amines) is 1. The molecule has 6 heteroatoms. The summed E-state index contributed by atoms with van der Waals surface area (Å²) in [5.41, 5.74) is 1.53. The molecule has 2 aliphatic heterocycles. The van der Waals surface area contributed by atoms with Crippen molar-refractivity contribution in [2.75, 3.05) is 24.5 Å². The number of carbonyl (C=O) groups excluding carboxylic acids is 2. The molecule has 3 aliphatic rings. The van der Waals surface area contributed by atoms with Crippen LogP contribution in [-0.4, -0.2) is 41.2 Å². The molecule has 1 amide bonds. The molecule has 5 nitrogen and oxygen atoms in total. The van der Waals surface area contributed by atoms with Crippen LogP contribution >= 0.6 is 0 Å². The number of aromatic nitrogens is 1. The van der Waals surface area contributed by atoms with Crippen LogP contribution in [0.3, 0.4) is 0 Å². The zero-order valence-corrected chi connectivity index (χ0v) is 17.1. The van der Waals surface area contributed by atoms with Gasteiger partial charge < -0.3 is 9.80 Å². The zero-order chi connectivity index (χ0) is 20.8. The fourth-order valence-electron chi connectivity index (χ4n) is 5.28. The standard InChI is InChI=1S/C24H26FN3O2/c1-15(29)17-8-9-26-22(11-17)27-12-19-13-28(24(30)16-4-2-5-16)23(21(19)14-27)18-6-3-7-20(25)10-18/h3,6-11,16,19,21,23H,2,4-5,12-14H2,1H3/t19-,21-,23+/m0/s1. The van der Waals surface area contributed by atoms with Gasteiger partial charge >= 0.3 is 0 Å². The molecule has 1 aromatic carbocycles. The maximum absolute atomic E-state index is 14.0. The first-order valence-electron chi connectivity index (χ1n) is 10.8. The summed E-state index contributed by atoms with van der Waals surface area (Å²) >= 11 is 0. The van der Waals surface area contributed by atoms with Crippen LogP contribution in [0.5, 0.6) is 0 Å². The third-order valence-corrected chi connectivity index (χ3v) is 7.07. The number of rotatable bonds is 4. The molecule has 5 rings (SSSR count). The maximum atomic E-state index is 14.0. The first-order valence-corrected chi connectivity index (χ1v) is 10.8. The minimum Gasteiger partial charge on any atom is -0.356 e. The predicted molar refractivity (Wildman–Crippen MR) is 112 cm³/mol. The summed E-state index contributed by atoms with van der Waals surface area (Å²) in [7, 11) is 0. The molecule has 0 spiro atoms. The van der Waals surface area contributed by atoms with Crippen LogP contribution in [-0.2, 0) is 4.79 Å². The maximum Gasteiger partial charge on any atom is 0.226 e. The zero-order valence-electron chi connectivity index (χ0n) is 17.1. The summed E-state index contributed by atoms with van der Waals surface area (Å²) in [6.07, 6.45) is 4.73. The van der Waals surface area contributed by atoms with Crippen molar-refractivity contribution >= 4 is 17.5 Å². The average Bonchev–Trinajstić information content (AvgIpc) is 3.24. The summed E-state index contributed by atoms with van der Waals surface area (Å²) in [6.45, 7) is 3.79. The fraction of sp³-hybridized carbons (Fsp3) is 0.458. The van der Waals surface area contributed by atoms with E-state index in [-0.39, 0.29) is 35.4 Å². The average molecular weight is 407 g/mol. The summed E-state index contributed by atoms with van der Waals surface area (Å²) < 4.78 is 14.0. The molecule has 1 aromatic heterocycles. The van der Waals surface area contributed by atoms with E-state index < -0.39 is 0 Å². The second kappa shape index (κ2) is 7.49. The largest absolute Gasteiger partial charge is 0.356 e. The predicted octanol–water partition coefficient (Wildman–Crippen LogP) is 3.86. The number of benzene rings is 1. The van der Waals surface area contributed by atoms with E-state index in [4.69, 9.17) is 0 Å². The molecule has 0 bridgehead atoms.